The van der Waals surface area contributed by atoms with Crippen molar-refractivity contribution in [1.82, 2.24) is 10.0 Å². The zero-order chi connectivity index (χ0) is 22.1. The third-order valence-electron chi connectivity index (χ3n) is 5.38. The summed E-state index contributed by atoms with van der Waals surface area (Å²) in [6, 6.07) is 12.3. The van der Waals surface area contributed by atoms with Crippen LogP contribution >= 0.6 is 0 Å². The molecule has 2 N–H and O–H groups in total. The third kappa shape index (κ3) is 4.56. The van der Waals surface area contributed by atoms with Crippen LogP contribution in [0, 0.1) is 19.8 Å². The van der Waals surface area contributed by atoms with Gasteiger partial charge in [0.2, 0.25) is 5.91 Å². The van der Waals surface area contributed by atoms with Crippen molar-refractivity contribution in [1.29, 1.82) is 0 Å². The maximum absolute atomic E-state index is 12.9. The fourth-order valence-corrected chi connectivity index (χ4v) is 4.88. The number of amides is 1. The lowest BCUT2D eigenvalue weighted by molar-refractivity contribution is -0.123. The molecule has 7 heteroatoms. The van der Waals surface area contributed by atoms with Gasteiger partial charge in [0.1, 0.15) is 11.9 Å². The molecule has 0 fully saturated rings. The number of aryl methyl sites for hydroxylation is 2. The molecule has 0 spiro atoms. The maximum Gasteiger partial charge on any atom is 0.263 e. The predicted octanol–water partition coefficient (Wildman–Crippen LogP) is 3.29. The second-order valence-electron chi connectivity index (χ2n) is 8.27. The van der Waals surface area contributed by atoms with Gasteiger partial charge in [-0.1, -0.05) is 56.7 Å². The number of amidine groups is 1. The molecule has 0 saturated heterocycles. The molecule has 1 aliphatic rings. The van der Waals surface area contributed by atoms with Crippen LogP contribution < -0.4 is 10.0 Å². The summed E-state index contributed by atoms with van der Waals surface area (Å²) >= 11 is 0. The molecule has 3 rings (SSSR count). The second kappa shape index (κ2) is 8.60. The Morgan fingerprint density at radius 2 is 1.80 bits per heavy atom. The van der Waals surface area contributed by atoms with Gasteiger partial charge in [-0.15, -0.1) is 0 Å². The van der Waals surface area contributed by atoms with Crippen molar-refractivity contribution in [3.05, 3.63) is 64.7 Å². The van der Waals surface area contributed by atoms with Crippen LogP contribution in [0.1, 0.15) is 48.9 Å². The molecule has 0 aliphatic carbocycles. The average molecular weight is 428 g/mol. The van der Waals surface area contributed by atoms with Gasteiger partial charge in [0.25, 0.3) is 10.0 Å². The van der Waals surface area contributed by atoms with Gasteiger partial charge in [-0.25, -0.2) is 8.42 Å². The van der Waals surface area contributed by atoms with Gasteiger partial charge in [-0.3, -0.25) is 14.5 Å². The Balaban J connectivity index is 1.78. The van der Waals surface area contributed by atoms with Gasteiger partial charge >= 0.3 is 0 Å². The van der Waals surface area contributed by atoms with Gasteiger partial charge < -0.3 is 5.32 Å². The summed E-state index contributed by atoms with van der Waals surface area (Å²) in [4.78, 5) is 17.6. The molecule has 1 aliphatic heterocycles. The Bertz CT molecular complexity index is 1090. The topological polar surface area (TPSA) is 87.6 Å². The number of hydrogen-bond donors (Lipinski definition) is 2. The Morgan fingerprint density at radius 3 is 2.50 bits per heavy atom. The Morgan fingerprint density at radius 1 is 1.10 bits per heavy atom. The highest BCUT2D eigenvalue weighted by Gasteiger charge is 2.32. The lowest BCUT2D eigenvalue weighted by atomic mass is 9.94. The summed E-state index contributed by atoms with van der Waals surface area (Å²) in [6.07, 6.45) is 0. The molecule has 1 unspecified atom stereocenters. The minimum absolute atomic E-state index is 0.0919. The summed E-state index contributed by atoms with van der Waals surface area (Å²) < 4.78 is 27.1. The molecule has 0 bridgehead atoms. The smallest absolute Gasteiger partial charge is 0.263 e. The zero-order valence-electron chi connectivity index (χ0n) is 18.1. The van der Waals surface area contributed by atoms with Gasteiger partial charge in [0, 0.05) is 12.1 Å². The van der Waals surface area contributed by atoms with Crippen LogP contribution in [0.5, 0.6) is 0 Å². The van der Waals surface area contributed by atoms with Crippen molar-refractivity contribution in [2.24, 2.45) is 10.9 Å². The minimum atomic E-state index is -3.63. The number of nitrogens with zero attached hydrogens (tertiary/aromatic N) is 1. The van der Waals surface area contributed by atoms with E-state index in [0.29, 0.717) is 12.1 Å². The number of aliphatic imine (C=N–C) groups is 1. The molecule has 30 heavy (non-hydrogen) atoms. The van der Waals surface area contributed by atoms with Crippen LogP contribution in [-0.4, -0.2) is 32.7 Å². The highest BCUT2D eigenvalue weighted by molar-refractivity contribution is 7.90. The van der Waals surface area contributed by atoms with Crippen LogP contribution in [0.3, 0.4) is 0 Å². The van der Waals surface area contributed by atoms with Gasteiger partial charge in [-0.2, -0.15) is 0 Å². The van der Waals surface area contributed by atoms with E-state index in [0.717, 1.165) is 0 Å². The lowest BCUT2D eigenvalue weighted by Crippen LogP contribution is -2.40. The number of carbonyl (C=O) groups excluding carboxylic acids is 1. The van der Waals surface area contributed by atoms with E-state index in [1.54, 1.807) is 18.2 Å². The van der Waals surface area contributed by atoms with E-state index in [1.807, 2.05) is 13.8 Å². The number of hydrogen-bond acceptors (Lipinski definition) is 4. The molecule has 0 radical (unpaired) electrons. The van der Waals surface area contributed by atoms with E-state index in [9.17, 15) is 13.2 Å². The first-order valence-corrected chi connectivity index (χ1v) is 11.6. The summed E-state index contributed by atoms with van der Waals surface area (Å²) in [5.41, 5.74) is 4.09. The molecular weight excluding hydrogens is 398 g/mol. The van der Waals surface area contributed by atoms with Crippen LogP contribution in [0.25, 0.3) is 0 Å². The van der Waals surface area contributed by atoms with E-state index in [-0.39, 0.29) is 28.5 Å². The Labute approximate surface area is 178 Å². The van der Waals surface area contributed by atoms with Crippen LogP contribution in [0.2, 0.25) is 0 Å². The van der Waals surface area contributed by atoms with Crippen LogP contribution in [-0.2, 0) is 14.8 Å². The average Bonchev–Trinajstić information content (AvgIpc) is 2.96. The van der Waals surface area contributed by atoms with Crippen molar-refractivity contribution >= 4 is 21.8 Å². The molecule has 6 nitrogen and oxygen atoms in total. The number of nitrogens with one attached hydrogen (secondary N) is 2. The number of carbonyl (C=O) groups is 1. The highest BCUT2D eigenvalue weighted by atomic mass is 32.2. The van der Waals surface area contributed by atoms with Gasteiger partial charge in [0.15, 0.2) is 0 Å². The molecule has 1 heterocycles. The quantitative estimate of drug-likeness (QED) is 0.742. The van der Waals surface area contributed by atoms with E-state index in [4.69, 9.17) is 0 Å². The number of rotatable bonds is 6. The fourth-order valence-electron chi connectivity index (χ4n) is 3.64. The van der Waals surface area contributed by atoms with Crippen molar-refractivity contribution in [3.63, 3.8) is 0 Å². The predicted molar refractivity (Wildman–Crippen MR) is 119 cm³/mol. The molecule has 0 saturated carbocycles. The van der Waals surface area contributed by atoms with Crippen molar-refractivity contribution < 1.29 is 13.2 Å². The standard InChI is InChI=1S/C23H29N3O3S/c1-14(2)21(25-22-18-8-6-7-9-20(18)30(28,29)26-22)23(27)24-13-17(5)19-12-15(3)10-11-16(19)4/h6-12,14,17,21H,13H2,1-5H3,(H,24,27)(H,25,26)/t17?,21-/m1/s1. The molecule has 2 aromatic carbocycles. The number of sulfonamides is 1. The second-order valence-corrected chi connectivity index (χ2v) is 9.93. The highest BCUT2D eigenvalue weighted by Crippen LogP contribution is 2.24. The summed E-state index contributed by atoms with van der Waals surface area (Å²) in [6.45, 7) is 10.5. The minimum Gasteiger partial charge on any atom is -0.354 e. The molecule has 2 atom stereocenters. The Hall–Kier alpha value is -2.67. The molecule has 1 amide bonds. The summed E-state index contributed by atoms with van der Waals surface area (Å²) in [7, 11) is -3.63. The zero-order valence-corrected chi connectivity index (χ0v) is 18.9. The maximum atomic E-state index is 12.9. The van der Waals surface area contributed by atoms with E-state index >= 15 is 0 Å². The number of fused-ring (bicyclic) bond motifs is 1. The normalized spacial score (nSPS) is 18.0. The fraction of sp³-hybridized carbons (Fsp3) is 0.391. The summed E-state index contributed by atoms with van der Waals surface area (Å²) in [5.74, 6) is 0.0751. The molecule has 2 aromatic rings. The SMILES string of the molecule is Cc1ccc(C)c(C(C)CNC(=O)[C@H](N=C2NS(=O)(=O)c3ccccc32)C(C)C)c1. The van der Waals surface area contributed by atoms with Crippen LogP contribution in [0.15, 0.2) is 52.4 Å². The monoisotopic (exact) mass is 427 g/mol. The van der Waals surface area contributed by atoms with E-state index in [2.05, 4.69) is 54.0 Å². The van der Waals surface area contributed by atoms with Crippen LogP contribution in [0.4, 0.5) is 0 Å². The Kier molecular flexibility index (Phi) is 6.31. The first-order valence-electron chi connectivity index (χ1n) is 10.1. The molecular formula is C23H29N3O3S. The largest absolute Gasteiger partial charge is 0.354 e. The third-order valence-corrected chi connectivity index (χ3v) is 6.78. The van der Waals surface area contributed by atoms with Crippen molar-refractivity contribution in [2.75, 3.05) is 6.54 Å². The van der Waals surface area contributed by atoms with E-state index < -0.39 is 16.1 Å². The lowest BCUT2D eigenvalue weighted by Gasteiger charge is -2.20. The van der Waals surface area contributed by atoms with Gasteiger partial charge in [0.05, 0.1) is 4.90 Å². The number of benzene rings is 2. The summed E-state index contributed by atoms with van der Waals surface area (Å²) in [5, 5.41) is 3.00. The first-order chi connectivity index (χ1) is 14.1. The molecule has 0 aromatic heterocycles. The van der Waals surface area contributed by atoms with Crippen molar-refractivity contribution in [2.45, 2.75) is 51.5 Å². The van der Waals surface area contributed by atoms with Gasteiger partial charge in [-0.05, 0) is 48.9 Å². The molecule has 160 valence electrons. The van der Waals surface area contributed by atoms with E-state index in [1.165, 1.54) is 22.8 Å². The first kappa shape index (κ1) is 22.0. The van der Waals surface area contributed by atoms with Crippen molar-refractivity contribution in [3.8, 4) is 0 Å².